The molecule has 1 saturated carbocycles. The molecule has 0 aromatic rings. The molecule has 0 aromatic heterocycles. The fourth-order valence-corrected chi connectivity index (χ4v) is 3.32. The number of amides is 1. The highest BCUT2D eigenvalue weighted by atomic mass is 32.2. The Balaban J connectivity index is 2.18. The van der Waals surface area contributed by atoms with Crippen LogP contribution in [0.2, 0.25) is 0 Å². The van der Waals surface area contributed by atoms with Crippen LogP contribution in [0.5, 0.6) is 0 Å². The average Bonchev–Trinajstić information content (AvgIpc) is 2.75. The molecule has 0 heterocycles. The molecule has 1 amide bonds. The van der Waals surface area contributed by atoms with Crippen LogP contribution in [0.1, 0.15) is 51.9 Å². The molecule has 0 saturated heterocycles. The van der Waals surface area contributed by atoms with Crippen LogP contribution in [0.3, 0.4) is 0 Å². The number of nitrogens with one attached hydrogen (secondary N) is 1. The number of rotatable bonds is 7. The second kappa shape index (κ2) is 7.27. The van der Waals surface area contributed by atoms with Gasteiger partial charge in [0.15, 0.2) is 0 Å². The van der Waals surface area contributed by atoms with Crippen LogP contribution in [0, 0.1) is 0 Å². The third kappa shape index (κ3) is 5.30. The lowest BCUT2D eigenvalue weighted by atomic mass is 10.1. The molecular weight excluding hydrogens is 232 g/mol. The lowest BCUT2D eigenvalue weighted by Gasteiger charge is -2.26. The lowest BCUT2D eigenvalue weighted by molar-refractivity contribution is -0.121. The van der Waals surface area contributed by atoms with E-state index in [1.807, 2.05) is 18.7 Å². The second-order valence-electron chi connectivity index (χ2n) is 5.24. The number of carbonyl (C=O) groups is 1. The fraction of sp³-hybridized carbons (Fsp3) is 0.923. The molecule has 1 aliphatic rings. The molecule has 1 rings (SSSR count). The van der Waals surface area contributed by atoms with Crippen molar-refractivity contribution in [3.05, 3.63) is 0 Å². The minimum absolute atomic E-state index is 0.186. The molecule has 1 aliphatic carbocycles. The Morgan fingerprint density at radius 3 is 2.65 bits per heavy atom. The molecule has 3 N–H and O–H groups in total. The number of thioether (sulfide) groups is 1. The Morgan fingerprint density at radius 2 is 2.12 bits per heavy atom. The Kier molecular flexibility index (Phi) is 6.34. The van der Waals surface area contributed by atoms with Crippen molar-refractivity contribution in [2.45, 2.75) is 62.7 Å². The first kappa shape index (κ1) is 14.8. The van der Waals surface area contributed by atoms with Gasteiger partial charge in [-0.1, -0.05) is 12.8 Å². The van der Waals surface area contributed by atoms with Crippen molar-refractivity contribution in [1.29, 1.82) is 0 Å². The average molecular weight is 258 g/mol. The summed E-state index contributed by atoms with van der Waals surface area (Å²) in [4.78, 5) is 11.7. The standard InChI is InChI=1S/C13H26N2OS/c1-11(14)6-5-7-12(16)15-10-13(17-2)8-3-4-9-13/h11H,3-10,14H2,1-2H3,(H,15,16). The zero-order chi connectivity index (χ0) is 12.7. The molecule has 0 aromatic carbocycles. The van der Waals surface area contributed by atoms with Crippen molar-refractivity contribution in [1.82, 2.24) is 5.32 Å². The summed E-state index contributed by atoms with van der Waals surface area (Å²) in [6.07, 6.45) is 9.71. The summed E-state index contributed by atoms with van der Waals surface area (Å²) in [5, 5.41) is 3.09. The zero-order valence-corrected chi connectivity index (χ0v) is 11.9. The molecule has 4 heteroatoms. The Hall–Kier alpha value is -0.220. The summed E-state index contributed by atoms with van der Waals surface area (Å²) in [6, 6.07) is 0.204. The summed E-state index contributed by atoms with van der Waals surface area (Å²) >= 11 is 1.92. The summed E-state index contributed by atoms with van der Waals surface area (Å²) in [7, 11) is 0. The molecule has 0 bridgehead atoms. The van der Waals surface area contributed by atoms with Gasteiger partial charge < -0.3 is 11.1 Å². The van der Waals surface area contributed by atoms with E-state index in [4.69, 9.17) is 5.73 Å². The second-order valence-corrected chi connectivity index (χ2v) is 6.51. The van der Waals surface area contributed by atoms with E-state index in [9.17, 15) is 4.79 Å². The van der Waals surface area contributed by atoms with Gasteiger partial charge in [-0.15, -0.1) is 0 Å². The van der Waals surface area contributed by atoms with E-state index in [0.717, 1.165) is 19.4 Å². The number of hydrogen-bond donors (Lipinski definition) is 2. The first-order valence-corrected chi connectivity index (χ1v) is 7.88. The van der Waals surface area contributed by atoms with E-state index in [0.29, 0.717) is 11.2 Å². The van der Waals surface area contributed by atoms with Crippen LogP contribution in [0.4, 0.5) is 0 Å². The van der Waals surface area contributed by atoms with Gasteiger partial charge in [-0.2, -0.15) is 11.8 Å². The highest BCUT2D eigenvalue weighted by Gasteiger charge is 2.32. The maximum Gasteiger partial charge on any atom is 0.220 e. The summed E-state index contributed by atoms with van der Waals surface area (Å²) in [5.74, 6) is 0.186. The minimum Gasteiger partial charge on any atom is -0.355 e. The van der Waals surface area contributed by atoms with Gasteiger partial charge in [0.05, 0.1) is 0 Å². The molecule has 17 heavy (non-hydrogen) atoms. The van der Waals surface area contributed by atoms with Gasteiger partial charge >= 0.3 is 0 Å². The number of carbonyl (C=O) groups excluding carboxylic acids is 1. The van der Waals surface area contributed by atoms with Crippen LogP contribution in [-0.4, -0.2) is 29.5 Å². The molecule has 3 nitrogen and oxygen atoms in total. The zero-order valence-electron chi connectivity index (χ0n) is 11.1. The summed E-state index contributed by atoms with van der Waals surface area (Å²) in [5.41, 5.74) is 5.66. The van der Waals surface area contributed by atoms with Crippen molar-refractivity contribution >= 4 is 17.7 Å². The van der Waals surface area contributed by atoms with E-state index in [1.165, 1.54) is 25.7 Å². The molecule has 100 valence electrons. The van der Waals surface area contributed by atoms with Gasteiger partial charge in [0, 0.05) is 23.8 Å². The number of hydrogen-bond acceptors (Lipinski definition) is 3. The van der Waals surface area contributed by atoms with E-state index < -0.39 is 0 Å². The molecule has 1 fully saturated rings. The molecule has 1 atom stereocenters. The molecule has 0 aliphatic heterocycles. The normalized spacial score (nSPS) is 20.2. The van der Waals surface area contributed by atoms with Gasteiger partial charge in [0.1, 0.15) is 0 Å². The van der Waals surface area contributed by atoms with Gasteiger partial charge in [-0.05, 0) is 38.9 Å². The molecule has 1 unspecified atom stereocenters. The monoisotopic (exact) mass is 258 g/mol. The van der Waals surface area contributed by atoms with Crippen molar-refractivity contribution < 1.29 is 4.79 Å². The quantitative estimate of drug-likeness (QED) is 0.736. The maximum absolute atomic E-state index is 11.7. The van der Waals surface area contributed by atoms with Crippen molar-refractivity contribution in [2.24, 2.45) is 5.73 Å². The Labute approximate surface area is 109 Å². The largest absolute Gasteiger partial charge is 0.355 e. The SMILES string of the molecule is CSC1(CNC(=O)CCCC(C)N)CCCC1. The molecule has 0 radical (unpaired) electrons. The first-order valence-electron chi connectivity index (χ1n) is 6.65. The maximum atomic E-state index is 11.7. The van der Waals surface area contributed by atoms with Gasteiger partial charge in [0.2, 0.25) is 5.91 Å². The predicted octanol–water partition coefficient (Wildman–Crippen LogP) is 2.30. The van der Waals surface area contributed by atoms with E-state index in [-0.39, 0.29) is 11.9 Å². The Bertz CT molecular complexity index is 238. The predicted molar refractivity (Wildman–Crippen MR) is 75.2 cm³/mol. The van der Waals surface area contributed by atoms with Gasteiger partial charge in [-0.25, -0.2) is 0 Å². The highest BCUT2D eigenvalue weighted by molar-refractivity contribution is 8.00. The van der Waals surface area contributed by atoms with Crippen LogP contribution < -0.4 is 11.1 Å². The van der Waals surface area contributed by atoms with Crippen LogP contribution >= 0.6 is 11.8 Å². The van der Waals surface area contributed by atoms with Crippen molar-refractivity contribution in [3.63, 3.8) is 0 Å². The van der Waals surface area contributed by atoms with Crippen LogP contribution in [0.15, 0.2) is 0 Å². The van der Waals surface area contributed by atoms with E-state index in [2.05, 4.69) is 11.6 Å². The minimum atomic E-state index is 0.186. The number of nitrogens with two attached hydrogens (primary N) is 1. The molecule has 0 spiro atoms. The molecular formula is C13H26N2OS. The van der Waals surface area contributed by atoms with Gasteiger partial charge in [0.25, 0.3) is 0 Å². The third-order valence-corrected chi connectivity index (χ3v) is 5.04. The first-order chi connectivity index (χ1) is 8.08. The van der Waals surface area contributed by atoms with Crippen molar-refractivity contribution in [2.75, 3.05) is 12.8 Å². The third-order valence-electron chi connectivity index (χ3n) is 3.62. The van der Waals surface area contributed by atoms with Crippen LogP contribution in [-0.2, 0) is 4.79 Å². The van der Waals surface area contributed by atoms with Gasteiger partial charge in [-0.3, -0.25) is 4.79 Å². The fourth-order valence-electron chi connectivity index (χ4n) is 2.41. The lowest BCUT2D eigenvalue weighted by Crippen LogP contribution is -2.38. The van der Waals surface area contributed by atoms with E-state index in [1.54, 1.807) is 0 Å². The summed E-state index contributed by atoms with van der Waals surface area (Å²) in [6.45, 7) is 2.82. The van der Waals surface area contributed by atoms with E-state index >= 15 is 0 Å². The highest BCUT2D eigenvalue weighted by Crippen LogP contribution is 2.39. The topological polar surface area (TPSA) is 55.1 Å². The Morgan fingerprint density at radius 1 is 1.47 bits per heavy atom. The van der Waals surface area contributed by atoms with Crippen molar-refractivity contribution in [3.8, 4) is 0 Å². The summed E-state index contributed by atoms with van der Waals surface area (Å²) < 4.78 is 0.316. The smallest absolute Gasteiger partial charge is 0.220 e. The van der Waals surface area contributed by atoms with Crippen LogP contribution in [0.25, 0.3) is 0 Å².